The van der Waals surface area contributed by atoms with Gasteiger partial charge in [-0.1, -0.05) is 11.6 Å². The molecule has 4 aromatic rings. The van der Waals surface area contributed by atoms with Gasteiger partial charge in [0, 0.05) is 16.1 Å². The predicted octanol–water partition coefficient (Wildman–Crippen LogP) is 3.71. The molecule has 0 bridgehead atoms. The van der Waals surface area contributed by atoms with Gasteiger partial charge in [0.05, 0.1) is 24.5 Å². The second-order valence-corrected chi connectivity index (χ2v) is 7.51. The van der Waals surface area contributed by atoms with Crippen molar-refractivity contribution in [3.8, 4) is 34.1 Å². The number of nitrogens with zero attached hydrogens (tertiary/aromatic N) is 2. The summed E-state index contributed by atoms with van der Waals surface area (Å²) in [6.45, 7) is 1.75. The summed E-state index contributed by atoms with van der Waals surface area (Å²) < 4.78 is 20.7. The number of aromatic amines is 2. The number of halogens is 2. The van der Waals surface area contributed by atoms with Gasteiger partial charge in [-0.2, -0.15) is 0 Å². The van der Waals surface area contributed by atoms with Crippen LogP contribution in [-0.4, -0.2) is 42.9 Å². The molecule has 0 aliphatic heterocycles. The Bertz CT molecular complexity index is 1300. The van der Waals surface area contributed by atoms with Crippen molar-refractivity contribution in [2.75, 3.05) is 13.2 Å². The Morgan fingerprint density at radius 3 is 2.66 bits per heavy atom. The van der Waals surface area contributed by atoms with Crippen molar-refractivity contribution < 1.29 is 19.3 Å². The van der Waals surface area contributed by atoms with Crippen LogP contribution in [0.2, 0.25) is 5.02 Å². The van der Waals surface area contributed by atoms with E-state index in [0.29, 0.717) is 22.8 Å². The van der Waals surface area contributed by atoms with Crippen molar-refractivity contribution in [2.24, 2.45) is 0 Å². The minimum Gasteiger partial charge on any atom is -0.493 e. The van der Waals surface area contributed by atoms with E-state index in [4.69, 9.17) is 21.4 Å². The molecule has 10 heteroatoms. The molecule has 4 N–H and O–H groups in total. The van der Waals surface area contributed by atoms with E-state index < -0.39 is 17.5 Å². The van der Waals surface area contributed by atoms with Gasteiger partial charge in [0.1, 0.15) is 29.7 Å². The Hall–Kier alpha value is -3.56. The third-order valence-corrected chi connectivity index (χ3v) is 5.24. The van der Waals surface area contributed by atoms with Crippen LogP contribution in [0.25, 0.3) is 22.5 Å². The third kappa shape index (κ3) is 4.12. The average Bonchev–Trinajstić information content (AvgIpc) is 3.37. The fourth-order valence-electron chi connectivity index (χ4n) is 3.40. The number of aliphatic hydroxyl groups excluding tert-OH is 1. The first-order chi connectivity index (χ1) is 15.4. The van der Waals surface area contributed by atoms with Crippen LogP contribution in [0.4, 0.5) is 4.39 Å². The Kier molecular flexibility index (Phi) is 6.02. The number of H-pyrrole nitrogens is 2. The molecule has 0 aliphatic carbocycles. The summed E-state index contributed by atoms with van der Waals surface area (Å²) in [6, 6.07) is 10.3. The minimum atomic E-state index is -0.663. The van der Waals surface area contributed by atoms with Gasteiger partial charge in [-0.15, -0.1) is 0 Å². The molecule has 166 valence electrons. The van der Waals surface area contributed by atoms with E-state index in [1.807, 2.05) is 0 Å². The van der Waals surface area contributed by atoms with E-state index in [-0.39, 0.29) is 35.4 Å². The molecule has 0 fully saturated rings. The Morgan fingerprint density at radius 1 is 1.22 bits per heavy atom. The molecule has 0 unspecified atom stereocenters. The summed E-state index contributed by atoms with van der Waals surface area (Å²) in [5.74, 6) is 0.151. The molecular formula is C22H20ClFN4O4. The van der Waals surface area contributed by atoms with E-state index in [2.05, 4.69) is 15.0 Å². The maximum atomic E-state index is 14.2. The van der Waals surface area contributed by atoms with E-state index >= 15 is 0 Å². The molecule has 2 aromatic carbocycles. The van der Waals surface area contributed by atoms with Gasteiger partial charge in [0.25, 0.3) is 0 Å². The van der Waals surface area contributed by atoms with E-state index in [0.717, 1.165) is 4.57 Å². The van der Waals surface area contributed by atoms with Crippen LogP contribution in [0.5, 0.6) is 11.6 Å². The molecular weight excluding hydrogens is 439 g/mol. The van der Waals surface area contributed by atoms with Gasteiger partial charge in [-0.05, 0) is 49.4 Å². The van der Waals surface area contributed by atoms with Gasteiger partial charge in [-0.3, -0.25) is 4.57 Å². The molecule has 2 aromatic heterocycles. The van der Waals surface area contributed by atoms with Crippen molar-refractivity contribution in [1.29, 1.82) is 0 Å². The Labute approximate surface area is 186 Å². The molecule has 0 saturated carbocycles. The monoisotopic (exact) mass is 458 g/mol. The summed E-state index contributed by atoms with van der Waals surface area (Å²) in [6.07, 6.45) is 1.46. The molecule has 1 atom stereocenters. The highest BCUT2D eigenvalue weighted by molar-refractivity contribution is 6.30. The predicted molar refractivity (Wildman–Crippen MR) is 118 cm³/mol. The maximum Gasteiger partial charge on any atom is 0.329 e. The number of rotatable bonds is 7. The van der Waals surface area contributed by atoms with Crippen molar-refractivity contribution in [2.45, 2.75) is 13.0 Å². The van der Waals surface area contributed by atoms with Gasteiger partial charge < -0.3 is 24.9 Å². The SMILES string of the molecule is C[C@@H](c1ncc(-c2ccc(Cl)cc2F)[nH]1)n1c(O)c(-c2ccc(OCCO)cc2)[nH]c1=O. The van der Waals surface area contributed by atoms with Crippen molar-refractivity contribution >= 4 is 11.6 Å². The summed E-state index contributed by atoms with van der Waals surface area (Å²) in [5, 5.41) is 19.9. The van der Waals surface area contributed by atoms with Crippen molar-refractivity contribution in [3.05, 3.63) is 75.8 Å². The number of hydrogen-bond donors (Lipinski definition) is 4. The molecule has 2 heterocycles. The highest BCUT2D eigenvalue weighted by Gasteiger charge is 2.22. The zero-order chi connectivity index (χ0) is 22.8. The molecule has 0 amide bonds. The van der Waals surface area contributed by atoms with E-state index in [1.54, 1.807) is 37.3 Å². The van der Waals surface area contributed by atoms with E-state index in [1.165, 1.54) is 18.3 Å². The number of ether oxygens (including phenoxy) is 1. The average molecular weight is 459 g/mol. The molecule has 0 aliphatic rings. The number of imidazole rings is 2. The quantitative estimate of drug-likeness (QED) is 0.337. The zero-order valence-electron chi connectivity index (χ0n) is 17.0. The summed E-state index contributed by atoms with van der Waals surface area (Å²) in [5.41, 5.74) is 0.996. The number of benzene rings is 2. The van der Waals surface area contributed by atoms with Crippen molar-refractivity contribution in [1.82, 2.24) is 19.5 Å². The van der Waals surface area contributed by atoms with E-state index in [9.17, 15) is 14.3 Å². The van der Waals surface area contributed by atoms with Gasteiger partial charge >= 0.3 is 5.69 Å². The maximum absolute atomic E-state index is 14.2. The highest BCUT2D eigenvalue weighted by atomic mass is 35.5. The lowest BCUT2D eigenvalue weighted by Crippen LogP contribution is -2.21. The van der Waals surface area contributed by atoms with Crippen LogP contribution < -0.4 is 10.4 Å². The first-order valence-electron chi connectivity index (χ1n) is 9.77. The van der Waals surface area contributed by atoms with Crippen LogP contribution in [0, 0.1) is 5.82 Å². The fraction of sp³-hybridized carbons (Fsp3) is 0.182. The highest BCUT2D eigenvalue weighted by Crippen LogP contribution is 2.31. The van der Waals surface area contributed by atoms with Crippen LogP contribution in [0.1, 0.15) is 18.8 Å². The minimum absolute atomic E-state index is 0.101. The lowest BCUT2D eigenvalue weighted by atomic mass is 10.1. The second kappa shape index (κ2) is 8.89. The van der Waals surface area contributed by atoms with Crippen LogP contribution in [0.3, 0.4) is 0 Å². The first kappa shape index (κ1) is 21.7. The molecule has 8 nitrogen and oxygen atoms in total. The normalized spacial score (nSPS) is 12.1. The zero-order valence-corrected chi connectivity index (χ0v) is 17.7. The first-order valence-corrected chi connectivity index (χ1v) is 10.1. The standard InChI is InChI=1S/C22H20ClFN4O4/c1-12(20-25-11-18(26-20)16-7-4-14(23)10-17(16)24)28-21(30)19(27-22(28)31)13-2-5-15(6-3-13)32-9-8-29/h2-7,10-12,29-30H,8-9H2,1H3,(H,25,26)(H,27,31)/t12-/m0/s1. The van der Waals surface area contributed by atoms with Gasteiger partial charge in [-0.25, -0.2) is 14.2 Å². The molecule has 32 heavy (non-hydrogen) atoms. The Morgan fingerprint density at radius 2 is 1.97 bits per heavy atom. The van der Waals surface area contributed by atoms with Crippen LogP contribution in [0.15, 0.2) is 53.5 Å². The van der Waals surface area contributed by atoms with Crippen LogP contribution in [-0.2, 0) is 0 Å². The molecule has 0 saturated heterocycles. The van der Waals surface area contributed by atoms with Gasteiger partial charge in [0.2, 0.25) is 5.88 Å². The number of aromatic hydroxyl groups is 1. The lowest BCUT2D eigenvalue weighted by Gasteiger charge is -2.11. The van der Waals surface area contributed by atoms with Gasteiger partial charge in [0.15, 0.2) is 0 Å². The summed E-state index contributed by atoms with van der Waals surface area (Å²) in [4.78, 5) is 22.5. The molecule has 4 rings (SSSR count). The molecule has 0 spiro atoms. The summed E-state index contributed by atoms with van der Waals surface area (Å²) >= 11 is 5.81. The number of nitrogens with one attached hydrogen (secondary N) is 2. The fourth-order valence-corrected chi connectivity index (χ4v) is 3.56. The number of hydrogen-bond acceptors (Lipinski definition) is 5. The smallest absolute Gasteiger partial charge is 0.329 e. The van der Waals surface area contributed by atoms with Crippen LogP contribution >= 0.6 is 11.6 Å². The third-order valence-electron chi connectivity index (χ3n) is 5.01. The summed E-state index contributed by atoms with van der Waals surface area (Å²) in [7, 11) is 0. The number of aliphatic hydroxyl groups is 1. The Balaban J connectivity index is 1.63. The topological polar surface area (TPSA) is 116 Å². The molecule has 0 radical (unpaired) electrons. The lowest BCUT2D eigenvalue weighted by molar-refractivity contribution is 0.201. The number of aromatic nitrogens is 4. The second-order valence-electron chi connectivity index (χ2n) is 7.08. The van der Waals surface area contributed by atoms with Crippen molar-refractivity contribution in [3.63, 3.8) is 0 Å². The largest absolute Gasteiger partial charge is 0.493 e.